The number of benzene rings is 1. The summed E-state index contributed by atoms with van der Waals surface area (Å²) in [5.41, 5.74) is 1.31. The Morgan fingerprint density at radius 1 is 1.30 bits per heavy atom. The molecule has 1 unspecified atom stereocenters. The molecule has 0 aliphatic heterocycles. The number of aliphatic hydroxyl groups is 1. The molecule has 1 rings (SSSR count). The largest absolute Gasteiger partial charge is 0.494 e. The normalized spacial score (nSPS) is 14.1. The smallest absolute Gasteiger partial charge is 0.264 e. The number of nitrogens with one attached hydrogen (secondary N) is 2. The molecular formula is C14H22N2O6S. The van der Waals surface area contributed by atoms with Crippen molar-refractivity contribution in [2.24, 2.45) is 0 Å². The highest BCUT2D eigenvalue weighted by atomic mass is 32.2. The summed E-state index contributed by atoms with van der Waals surface area (Å²) in [6.45, 7) is 3.81. The highest BCUT2D eigenvalue weighted by Gasteiger charge is 2.29. The van der Waals surface area contributed by atoms with Gasteiger partial charge < -0.3 is 9.84 Å². The summed E-state index contributed by atoms with van der Waals surface area (Å²) >= 11 is 0. The van der Waals surface area contributed by atoms with Crippen molar-refractivity contribution in [2.45, 2.75) is 43.7 Å². The van der Waals surface area contributed by atoms with E-state index in [0.717, 1.165) is 12.8 Å². The molecule has 9 heteroatoms. The molecule has 0 saturated carbocycles. The molecule has 8 nitrogen and oxygen atoms in total. The van der Waals surface area contributed by atoms with Gasteiger partial charge >= 0.3 is 0 Å². The Morgan fingerprint density at radius 2 is 1.91 bits per heavy atom. The Labute approximate surface area is 135 Å². The standard InChI is InChI=1S/C14H22N2O6S/c1-3-4-9-22-11-5-7-12(8-6-11)23(20,21)16-13(10(2)17)14(18)15-19/h5-8,10,13,16-17,19H,3-4,9H2,1-2H3,(H,15,18)/t10-,13?/m0/s1. The Morgan fingerprint density at radius 3 is 2.39 bits per heavy atom. The van der Waals surface area contributed by atoms with E-state index in [4.69, 9.17) is 9.94 Å². The minimum absolute atomic E-state index is 0.0864. The number of hydrogen-bond acceptors (Lipinski definition) is 6. The third-order valence-corrected chi connectivity index (χ3v) is 4.51. The molecule has 0 fully saturated rings. The number of rotatable bonds is 9. The summed E-state index contributed by atoms with van der Waals surface area (Å²) in [6, 6.07) is 4.17. The van der Waals surface area contributed by atoms with Crippen LogP contribution in [0.1, 0.15) is 26.7 Å². The van der Waals surface area contributed by atoms with E-state index < -0.39 is 28.1 Å². The lowest BCUT2D eigenvalue weighted by atomic mass is 10.2. The molecule has 1 amide bonds. The number of sulfonamides is 1. The van der Waals surface area contributed by atoms with Gasteiger partial charge in [-0.15, -0.1) is 0 Å². The lowest BCUT2D eigenvalue weighted by molar-refractivity contribution is -0.133. The van der Waals surface area contributed by atoms with Crippen LogP contribution in [0.25, 0.3) is 0 Å². The van der Waals surface area contributed by atoms with E-state index in [9.17, 15) is 18.3 Å². The van der Waals surface area contributed by atoms with Crippen molar-refractivity contribution in [2.75, 3.05) is 6.61 Å². The van der Waals surface area contributed by atoms with E-state index in [1.54, 1.807) is 0 Å². The zero-order valence-electron chi connectivity index (χ0n) is 13.0. The van der Waals surface area contributed by atoms with Gasteiger partial charge in [0.2, 0.25) is 10.0 Å². The van der Waals surface area contributed by atoms with Crippen LogP contribution in [-0.2, 0) is 14.8 Å². The lowest BCUT2D eigenvalue weighted by Crippen LogP contribution is -2.51. The third kappa shape index (κ3) is 5.79. The predicted octanol–water partition coefficient (Wildman–Crippen LogP) is 0.399. The molecule has 2 atom stereocenters. The van der Waals surface area contributed by atoms with Crippen molar-refractivity contribution in [3.05, 3.63) is 24.3 Å². The number of ether oxygens (including phenoxy) is 1. The van der Waals surface area contributed by atoms with E-state index in [-0.39, 0.29) is 4.90 Å². The summed E-state index contributed by atoms with van der Waals surface area (Å²) in [6.07, 6.45) is 0.561. The zero-order valence-corrected chi connectivity index (χ0v) is 13.8. The van der Waals surface area contributed by atoms with Gasteiger partial charge in [-0.25, -0.2) is 13.9 Å². The molecular weight excluding hydrogens is 324 g/mol. The topological polar surface area (TPSA) is 125 Å². The fraction of sp³-hybridized carbons (Fsp3) is 0.500. The van der Waals surface area contributed by atoms with Gasteiger partial charge in [0.1, 0.15) is 11.8 Å². The first kappa shape index (κ1) is 19.4. The van der Waals surface area contributed by atoms with Gasteiger partial charge in [-0.1, -0.05) is 13.3 Å². The minimum Gasteiger partial charge on any atom is -0.494 e. The van der Waals surface area contributed by atoms with Gasteiger partial charge in [0, 0.05) is 0 Å². The van der Waals surface area contributed by atoms with Crippen molar-refractivity contribution in [3.8, 4) is 5.75 Å². The molecule has 0 heterocycles. The van der Waals surface area contributed by atoms with Crippen molar-refractivity contribution in [1.82, 2.24) is 10.2 Å². The van der Waals surface area contributed by atoms with Crippen LogP contribution in [-0.4, -0.2) is 43.4 Å². The van der Waals surface area contributed by atoms with Crippen LogP contribution in [0.5, 0.6) is 5.75 Å². The maximum absolute atomic E-state index is 12.2. The molecule has 0 aromatic heterocycles. The molecule has 4 N–H and O–H groups in total. The quantitative estimate of drug-likeness (QED) is 0.291. The second kappa shape index (κ2) is 8.82. The number of amides is 1. The first-order chi connectivity index (χ1) is 10.8. The summed E-state index contributed by atoms with van der Waals surface area (Å²) in [7, 11) is -4.04. The number of hydrogen-bond donors (Lipinski definition) is 4. The fourth-order valence-electron chi connectivity index (χ4n) is 1.73. The second-order valence-corrected chi connectivity index (χ2v) is 6.70. The first-order valence-corrected chi connectivity index (χ1v) is 8.67. The van der Waals surface area contributed by atoms with E-state index in [1.807, 2.05) is 11.6 Å². The van der Waals surface area contributed by atoms with Gasteiger partial charge in [0.15, 0.2) is 0 Å². The Kier molecular flexibility index (Phi) is 7.43. The van der Waals surface area contributed by atoms with Crippen LogP contribution in [0.15, 0.2) is 29.2 Å². The van der Waals surface area contributed by atoms with Gasteiger partial charge in [-0.2, -0.15) is 4.72 Å². The molecule has 0 bridgehead atoms. The monoisotopic (exact) mass is 346 g/mol. The lowest BCUT2D eigenvalue weighted by Gasteiger charge is -2.19. The Hall–Kier alpha value is -1.68. The van der Waals surface area contributed by atoms with E-state index in [1.165, 1.54) is 36.7 Å². The van der Waals surface area contributed by atoms with Crippen LogP contribution in [0.3, 0.4) is 0 Å². The van der Waals surface area contributed by atoms with Crippen molar-refractivity contribution in [3.63, 3.8) is 0 Å². The molecule has 23 heavy (non-hydrogen) atoms. The van der Waals surface area contributed by atoms with Crippen LogP contribution >= 0.6 is 0 Å². The summed E-state index contributed by atoms with van der Waals surface area (Å²) in [4.78, 5) is 11.3. The molecule has 0 spiro atoms. The number of carbonyl (C=O) groups excluding carboxylic acids is 1. The minimum atomic E-state index is -4.04. The van der Waals surface area contributed by atoms with Crippen molar-refractivity contribution >= 4 is 15.9 Å². The molecule has 1 aromatic carbocycles. The number of unbranched alkanes of at least 4 members (excludes halogenated alkanes) is 1. The zero-order chi connectivity index (χ0) is 17.5. The maximum Gasteiger partial charge on any atom is 0.264 e. The summed E-state index contributed by atoms with van der Waals surface area (Å²) in [5, 5.41) is 18.1. The molecule has 0 saturated heterocycles. The van der Waals surface area contributed by atoms with Gasteiger partial charge in [-0.05, 0) is 37.6 Å². The fourth-order valence-corrected chi connectivity index (χ4v) is 2.99. The van der Waals surface area contributed by atoms with Crippen LogP contribution < -0.4 is 14.9 Å². The molecule has 0 radical (unpaired) electrons. The summed E-state index contributed by atoms with van der Waals surface area (Å²) in [5.74, 6) is -0.513. The average molecular weight is 346 g/mol. The summed E-state index contributed by atoms with van der Waals surface area (Å²) < 4.78 is 31.9. The van der Waals surface area contributed by atoms with E-state index in [2.05, 4.69) is 0 Å². The van der Waals surface area contributed by atoms with E-state index in [0.29, 0.717) is 12.4 Å². The van der Waals surface area contributed by atoms with Crippen molar-refractivity contribution in [1.29, 1.82) is 0 Å². The molecule has 130 valence electrons. The van der Waals surface area contributed by atoms with Gasteiger partial charge in [0.25, 0.3) is 5.91 Å². The Balaban J connectivity index is 2.84. The molecule has 0 aliphatic carbocycles. The molecule has 1 aromatic rings. The second-order valence-electron chi connectivity index (χ2n) is 4.99. The third-order valence-electron chi connectivity index (χ3n) is 3.06. The highest BCUT2D eigenvalue weighted by Crippen LogP contribution is 2.17. The highest BCUT2D eigenvalue weighted by molar-refractivity contribution is 7.89. The maximum atomic E-state index is 12.2. The SMILES string of the molecule is CCCCOc1ccc(S(=O)(=O)NC(C(=O)NO)[C@H](C)O)cc1. The average Bonchev–Trinajstić information content (AvgIpc) is 2.52. The Bertz CT molecular complexity index is 600. The number of hydroxylamine groups is 1. The van der Waals surface area contributed by atoms with Crippen LogP contribution in [0.2, 0.25) is 0 Å². The number of aliphatic hydroxyl groups excluding tert-OH is 1. The predicted molar refractivity (Wildman–Crippen MR) is 82.6 cm³/mol. The van der Waals surface area contributed by atoms with Crippen LogP contribution in [0.4, 0.5) is 0 Å². The van der Waals surface area contributed by atoms with E-state index >= 15 is 0 Å². The van der Waals surface area contributed by atoms with Gasteiger partial charge in [0.05, 0.1) is 17.6 Å². The van der Waals surface area contributed by atoms with Crippen molar-refractivity contribution < 1.29 is 28.3 Å². The molecule has 0 aliphatic rings. The van der Waals surface area contributed by atoms with Gasteiger partial charge in [-0.3, -0.25) is 10.0 Å². The first-order valence-electron chi connectivity index (χ1n) is 7.19. The van der Waals surface area contributed by atoms with Crippen LogP contribution in [0, 0.1) is 0 Å². The number of carbonyl (C=O) groups is 1.